The Morgan fingerprint density at radius 3 is 2.54 bits per heavy atom. The molecule has 1 aliphatic rings. The molecule has 4 heteroatoms. The van der Waals surface area contributed by atoms with Crippen LogP contribution in [0.5, 0.6) is 5.75 Å². The Morgan fingerprint density at radius 1 is 1.25 bits per heavy atom. The predicted molar refractivity (Wildman–Crippen MR) is 98.4 cm³/mol. The molecule has 3 rings (SSSR count). The molecule has 1 heterocycles. The summed E-state index contributed by atoms with van der Waals surface area (Å²) >= 11 is 5.74. The molecule has 124 valence electrons. The van der Waals surface area contributed by atoms with Crippen LogP contribution >= 0.6 is 12.2 Å². The van der Waals surface area contributed by atoms with Crippen LogP contribution < -0.4 is 4.74 Å². The van der Waals surface area contributed by atoms with Gasteiger partial charge in [0.15, 0.2) is 0 Å². The van der Waals surface area contributed by atoms with Crippen LogP contribution in [0.4, 0.5) is 0 Å². The summed E-state index contributed by atoms with van der Waals surface area (Å²) in [6, 6.07) is 10.0. The van der Waals surface area contributed by atoms with E-state index in [1.54, 1.807) is 6.92 Å². The smallest absolute Gasteiger partial charge is 0.310 e. The summed E-state index contributed by atoms with van der Waals surface area (Å²) in [5, 5.41) is 9.42. The van der Waals surface area contributed by atoms with Crippen LogP contribution in [-0.2, 0) is 11.2 Å². The van der Waals surface area contributed by atoms with Crippen molar-refractivity contribution in [2.24, 2.45) is 0 Å². The van der Waals surface area contributed by atoms with E-state index >= 15 is 0 Å². The van der Waals surface area contributed by atoms with Crippen LogP contribution in [0, 0.1) is 13.8 Å². The first-order chi connectivity index (χ1) is 11.4. The Hall–Kier alpha value is -2.20. The number of aliphatic carboxylic acids is 1. The van der Waals surface area contributed by atoms with Gasteiger partial charge in [-0.15, -0.1) is 0 Å². The largest absolute Gasteiger partial charge is 0.492 e. The maximum atomic E-state index is 11.5. The van der Waals surface area contributed by atoms with E-state index in [2.05, 4.69) is 0 Å². The number of aryl methyl sites for hydroxylation is 1. The second-order valence-corrected chi connectivity index (χ2v) is 6.72. The lowest BCUT2D eigenvalue weighted by Gasteiger charge is -2.19. The van der Waals surface area contributed by atoms with Gasteiger partial charge in [-0.1, -0.05) is 48.1 Å². The lowest BCUT2D eigenvalue weighted by atomic mass is 9.87. The third-order valence-corrected chi connectivity index (χ3v) is 5.09. The van der Waals surface area contributed by atoms with Gasteiger partial charge in [0, 0.05) is 12.0 Å². The molecule has 0 fully saturated rings. The van der Waals surface area contributed by atoms with Gasteiger partial charge < -0.3 is 9.84 Å². The van der Waals surface area contributed by atoms with Crippen LogP contribution in [0.1, 0.15) is 46.2 Å². The third kappa shape index (κ3) is 2.82. The van der Waals surface area contributed by atoms with Gasteiger partial charge in [-0.3, -0.25) is 4.79 Å². The Morgan fingerprint density at radius 2 is 1.92 bits per heavy atom. The monoisotopic (exact) mass is 340 g/mol. The summed E-state index contributed by atoms with van der Waals surface area (Å²) in [7, 11) is 0. The fourth-order valence-electron chi connectivity index (χ4n) is 3.16. The molecular weight excluding hydrogens is 320 g/mol. The van der Waals surface area contributed by atoms with Crippen molar-refractivity contribution in [2.75, 3.05) is 6.61 Å². The topological polar surface area (TPSA) is 46.5 Å². The van der Waals surface area contributed by atoms with E-state index < -0.39 is 11.9 Å². The number of ether oxygens (including phenoxy) is 1. The molecule has 2 aromatic carbocycles. The lowest BCUT2D eigenvalue weighted by Crippen LogP contribution is -2.13. The van der Waals surface area contributed by atoms with Crippen molar-refractivity contribution in [3.63, 3.8) is 0 Å². The van der Waals surface area contributed by atoms with Gasteiger partial charge >= 0.3 is 5.97 Å². The van der Waals surface area contributed by atoms with E-state index in [9.17, 15) is 9.90 Å². The van der Waals surface area contributed by atoms with Crippen LogP contribution in [0.3, 0.4) is 0 Å². The number of fused-ring (bicyclic) bond motifs is 1. The molecule has 1 aliphatic heterocycles. The van der Waals surface area contributed by atoms with Crippen molar-refractivity contribution in [3.8, 4) is 5.75 Å². The minimum atomic E-state index is -0.829. The zero-order valence-corrected chi connectivity index (χ0v) is 14.9. The van der Waals surface area contributed by atoms with Gasteiger partial charge in [-0.05, 0) is 43.0 Å². The van der Waals surface area contributed by atoms with Crippen LogP contribution in [0.15, 0.2) is 30.3 Å². The molecule has 0 aromatic heterocycles. The molecule has 1 N–H and O–H groups in total. The van der Waals surface area contributed by atoms with Crippen LogP contribution in [0.2, 0.25) is 0 Å². The van der Waals surface area contributed by atoms with E-state index in [0.29, 0.717) is 11.5 Å². The van der Waals surface area contributed by atoms with Gasteiger partial charge in [0.1, 0.15) is 5.75 Å². The first-order valence-corrected chi connectivity index (χ1v) is 8.44. The molecule has 3 nitrogen and oxygen atoms in total. The third-order valence-electron chi connectivity index (χ3n) is 4.65. The summed E-state index contributed by atoms with van der Waals surface area (Å²) in [5.41, 5.74) is 5.76. The summed E-state index contributed by atoms with van der Waals surface area (Å²) < 4.78 is 5.84. The zero-order chi connectivity index (χ0) is 17.4. The molecule has 0 saturated heterocycles. The van der Waals surface area contributed by atoms with Crippen molar-refractivity contribution < 1.29 is 14.6 Å². The summed E-state index contributed by atoms with van der Waals surface area (Å²) in [6.07, 6.45) is 0.790. The highest BCUT2D eigenvalue weighted by Gasteiger charge is 2.27. The van der Waals surface area contributed by atoms with Gasteiger partial charge in [-0.2, -0.15) is 0 Å². The molecule has 2 aromatic rings. The first-order valence-electron chi connectivity index (χ1n) is 8.03. The highest BCUT2D eigenvalue weighted by Crippen LogP contribution is 2.38. The van der Waals surface area contributed by atoms with Crippen molar-refractivity contribution in [1.29, 1.82) is 0 Å². The zero-order valence-electron chi connectivity index (χ0n) is 14.1. The number of thiocarbonyl (C=S) groups is 1. The molecule has 1 atom stereocenters. The summed E-state index contributed by atoms with van der Waals surface area (Å²) in [4.78, 5) is 12.2. The normalized spacial score (nSPS) is 14.0. The molecule has 0 radical (unpaired) electrons. The van der Waals surface area contributed by atoms with Crippen molar-refractivity contribution in [3.05, 3.63) is 63.7 Å². The molecule has 1 unspecified atom stereocenters. The van der Waals surface area contributed by atoms with Gasteiger partial charge in [0.05, 0.1) is 17.4 Å². The van der Waals surface area contributed by atoms with Crippen molar-refractivity contribution >= 4 is 23.1 Å². The van der Waals surface area contributed by atoms with E-state index in [-0.39, 0.29) is 0 Å². The highest BCUT2D eigenvalue weighted by atomic mass is 32.1. The summed E-state index contributed by atoms with van der Waals surface area (Å²) in [5.74, 6) is -0.584. The number of hydrogen-bond acceptors (Lipinski definition) is 3. The predicted octanol–water partition coefficient (Wildman–Crippen LogP) is 4.19. The molecule has 24 heavy (non-hydrogen) atoms. The quantitative estimate of drug-likeness (QED) is 0.669. The molecular formula is C20H20O3S. The standard InChI is InChI=1S/C20H20O3S/c1-11-4-6-14(7-5-11)19(24)17-12(2)16(13(3)20(21)22)10-15-8-9-23-18(15)17/h4-7,10,13H,8-9H2,1-3H3,(H,21,22). The molecule has 0 aliphatic carbocycles. The first kappa shape index (κ1) is 16.7. The maximum Gasteiger partial charge on any atom is 0.310 e. The maximum absolute atomic E-state index is 11.5. The number of carboxylic acid groups (broad SMARTS) is 1. The number of rotatable bonds is 4. The molecule has 0 amide bonds. The lowest BCUT2D eigenvalue weighted by molar-refractivity contribution is -0.138. The fourth-order valence-corrected chi connectivity index (χ4v) is 3.54. The fraction of sp³-hybridized carbons (Fsp3) is 0.300. The van der Waals surface area contributed by atoms with Crippen molar-refractivity contribution in [2.45, 2.75) is 33.1 Å². The SMILES string of the molecule is Cc1ccc(C(=S)c2c(C)c(C(C)C(=O)O)cc3c2OCC3)cc1. The Bertz CT molecular complexity index is 822. The number of benzene rings is 2. The summed E-state index contributed by atoms with van der Waals surface area (Å²) in [6.45, 7) is 6.30. The number of hydrogen-bond donors (Lipinski definition) is 1. The Labute approximate surface area is 147 Å². The molecule has 0 bridgehead atoms. The highest BCUT2D eigenvalue weighted by molar-refractivity contribution is 7.81. The van der Waals surface area contributed by atoms with E-state index in [0.717, 1.165) is 40.0 Å². The minimum absolute atomic E-state index is 0.574. The van der Waals surface area contributed by atoms with Gasteiger partial charge in [0.25, 0.3) is 0 Å². The average Bonchev–Trinajstić information content (AvgIpc) is 3.01. The molecule has 0 spiro atoms. The Kier molecular flexibility index (Phi) is 4.41. The number of carboxylic acids is 1. The average molecular weight is 340 g/mol. The Balaban J connectivity index is 2.17. The van der Waals surface area contributed by atoms with Crippen molar-refractivity contribution in [1.82, 2.24) is 0 Å². The second kappa shape index (κ2) is 6.36. The number of carbonyl (C=O) groups is 1. The van der Waals surface area contributed by atoms with Crippen LogP contribution in [0.25, 0.3) is 0 Å². The van der Waals surface area contributed by atoms with Gasteiger partial charge in [-0.25, -0.2) is 0 Å². The minimum Gasteiger partial charge on any atom is -0.492 e. The second-order valence-electron chi connectivity index (χ2n) is 6.31. The van der Waals surface area contributed by atoms with E-state index in [4.69, 9.17) is 17.0 Å². The van der Waals surface area contributed by atoms with Gasteiger partial charge in [0.2, 0.25) is 0 Å². The van der Waals surface area contributed by atoms with E-state index in [1.807, 2.05) is 44.2 Å². The van der Waals surface area contributed by atoms with E-state index in [1.165, 1.54) is 5.56 Å². The van der Waals surface area contributed by atoms with Crippen LogP contribution in [-0.4, -0.2) is 22.5 Å². The molecule has 0 saturated carbocycles.